The Balaban J connectivity index is 1.97. The van der Waals surface area contributed by atoms with E-state index in [1.54, 1.807) is 11.0 Å². The second kappa shape index (κ2) is 9.58. The van der Waals surface area contributed by atoms with Crippen molar-refractivity contribution in [3.63, 3.8) is 0 Å². The standard InChI is InChI=1S/C17H21ClFN3O2/c18-15-3-1-4-16(19)14(15)13-17(23)22(6-2-5-20)8-7-21-9-11-24-12-10-21/h1,3-4H,2,6-13H2. The molecule has 1 aromatic rings. The molecular weight excluding hydrogens is 333 g/mol. The van der Waals surface area contributed by atoms with Crippen molar-refractivity contribution in [2.24, 2.45) is 0 Å². The maximum absolute atomic E-state index is 13.9. The lowest BCUT2D eigenvalue weighted by molar-refractivity contribution is -0.130. The molecule has 0 unspecified atom stereocenters. The Morgan fingerprint density at radius 2 is 2.12 bits per heavy atom. The Morgan fingerprint density at radius 3 is 2.79 bits per heavy atom. The molecular formula is C17H21ClFN3O2. The number of benzene rings is 1. The minimum Gasteiger partial charge on any atom is -0.379 e. The predicted molar refractivity (Wildman–Crippen MR) is 89.2 cm³/mol. The second-order valence-corrected chi connectivity index (χ2v) is 6.03. The monoisotopic (exact) mass is 353 g/mol. The fraction of sp³-hybridized carbons (Fsp3) is 0.529. The molecule has 1 amide bonds. The van der Waals surface area contributed by atoms with Gasteiger partial charge >= 0.3 is 0 Å². The molecule has 0 aliphatic carbocycles. The molecule has 0 radical (unpaired) electrons. The predicted octanol–water partition coefficient (Wildman–Crippen LogP) is 2.10. The lowest BCUT2D eigenvalue weighted by Gasteiger charge is -2.30. The molecule has 1 saturated heterocycles. The highest BCUT2D eigenvalue weighted by Gasteiger charge is 2.19. The Labute approximate surface area is 146 Å². The quantitative estimate of drug-likeness (QED) is 0.753. The van der Waals surface area contributed by atoms with Gasteiger partial charge in [0.1, 0.15) is 5.82 Å². The van der Waals surface area contributed by atoms with Gasteiger partial charge in [0.15, 0.2) is 0 Å². The highest BCUT2D eigenvalue weighted by atomic mass is 35.5. The van der Waals surface area contributed by atoms with E-state index in [0.29, 0.717) is 32.8 Å². The van der Waals surface area contributed by atoms with Crippen LogP contribution in [0.4, 0.5) is 4.39 Å². The van der Waals surface area contributed by atoms with E-state index in [9.17, 15) is 9.18 Å². The van der Waals surface area contributed by atoms with Crippen molar-refractivity contribution in [3.05, 3.63) is 34.6 Å². The summed E-state index contributed by atoms with van der Waals surface area (Å²) in [5, 5.41) is 9.04. The number of amides is 1. The number of hydrogen-bond donors (Lipinski definition) is 0. The molecule has 0 aromatic heterocycles. The number of morpholine rings is 1. The van der Waals surface area contributed by atoms with E-state index in [1.807, 2.05) is 6.07 Å². The van der Waals surface area contributed by atoms with E-state index >= 15 is 0 Å². The minimum absolute atomic E-state index is 0.0972. The summed E-state index contributed by atoms with van der Waals surface area (Å²) in [6.07, 6.45) is 0.153. The zero-order valence-corrected chi connectivity index (χ0v) is 14.3. The lowest BCUT2D eigenvalue weighted by atomic mass is 10.1. The molecule has 1 aliphatic rings. The molecule has 5 nitrogen and oxygen atoms in total. The number of nitriles is 1. The van der Waals surface area contributed by atoms with Crippen LogP contribution in [0.1, 0.15) is 12.0 Å². The topological polar surface area (TPSA) is 56.6 Å². The first-order valence-electron chi connectivity index (χ1n) is 7.99. The van der Waals surface area contributed by atoms with Crippen LogP contribution in [-0.4, -0.2) is 61.6 Å². The summed E-state index contributed by atoms with van der Waals surface area (Å²) < 4.78 is 19.2. The summed E-state index contributed by atoms with van der Waals surface area (Å²) in [6, 6.07) is 6.42. The second-order valence-electron chi connectivity index (χ2n) is 5.62. The van der Waals surface area contributed by atoms with Gasteiger partial charge in [-0.3, -0.25) is 9.69 Å². The lowest BCUT2D eigenvalue weighted by Crippen LogP contribution is -2.43. The van der Waals surface area contributed by atoms with Crippen molar-refractivity contribution in [2.75, 3.05) is 45.9 Å². The summed E-state index contributed by atoms with van der Waals surface area (Å²) in [5.41, 5.74) is 0.206. The number of carbonyl (C=O) groups excluding carboxylic acids is 1. The third kappa shape index (κ3) is 5.45. The van der Waals surface area contributed by atoms with Crippen LogP contribution < -0.4 is 0 Å². The van der Waals surface area contributed by atoms with E-state index in [4.69, 9.17) is 21.6 Å². The first kappa shape index (κ1) is 18.7. The van der Waals surface area contributed by atoms with Crippen LogP contribution in [0.25, 0.3) is 0 Å². The Bertz CT molecular complexity index is 580. The molecule has 7 heteroatoms. The van der Waals surface area contributed by atoms with E-state index in [-0.39, 0.29) is 29.3 Å². The van der Waals surface area contributed by atoms with Crippen molar-refractivity contribution in [2.45, 2.75) is 12.8 Å². The SMILES string of the molecule is N#CCCN(CCN1CCOCC1)C(=O)Cc1c(F)cccc1Cl. The van der Waals surface area contributed by atoms with Gasteiger partial charge < -0.3 is 9.64 Å². The van der Waals surface area contributed by atoms with Crippen molar-refractivity contribution in [1.82, 2.24) is 9.80 Å². The Hall–Kier alpha value is -1.68. The molecule has 0 bridgehead atoms. The summed E-state index contributed by atoms with van der Waals surface area (Å²) in [5.74, 6) is -0.699. The number of nitrogens with zero attached hydrogens (tertiary/aromatic N) is 3. The normalized spacial score (nSPS) is 15.0. The first-order valence-corrected chi connectivity index (χ1v) is 8.37. The molecule has 0 atom stereocenters. The van der Waals surface area contributed by atoms with Gasteiger partial charge in [0, 0.05) is 43.3 Å². The molecule has 1 heterocycles. The minimum atomic E-state index is -0.482. The zero-order valence-electron chi connectivity index (χ0n) is 13.5. The van der Waals surface area contributed by atoms with Crippen molar-refractivity contribution in [3.8, 4) is 6.07 Å². The van der Waals surface area contributed by atoms with Gasteiger partial charge in [-0.15, -0.1) is 0 Å². The average molecular weight is 354 g/mol. The third-order valence-corrected chi connectivity index (χ3v) is 4.38. The summed E-state index contributed by atoms with van der Waals surface area (Å²) >= 11 is 6.00. The largest absolute Gasteiger partial charge is 0.379 e. The zero-order chi connectivity index (χ0) is 17.4. The molecule has 24 heavy (non-hydrogen) atoms. The third-order valence-electron chi connectivity index (χ3n) is 4.03. The molecule has 1 aromatic carbocycles. The van der Waals surface area contributed by atoms with E-state index < -0.39 is 5.82 Å². The number of rotatable bonds is 7. The molecule has 130 valence electrons. The summed E-state index contributed by atoms with van der Waals surface area (Å²) in [6.45, 7) is 4.61. The van der Waals surface area contributed by atoms with Crippen LogP contribution in [0.2, 0.25) is 5.02 Å². The van der Waals surface area contributed by atoms with Gasteiger partial charge in [-0.1, -0.05) is 17.7 Å². The van der Waals surface area contributed by atoms with Crippen molar-refractivity contribution < 1.29 is 13.9 Å². The molecule has 0 spiro atoms. The van der Waals surface area contributed by atoms with Gasteiger partial charge in [-0.2, -0.15) is 5.26 Å². The molecule has 0 N–H and O–H groups in total. The van der Waals surface area contributed by atoms with Gasteiger partial charge in [-0.05, 0) is 12.1 Å². The first-order chi connectivity index (χ1) is 11.6. The Morgan fingerprint density at radius 1 is 1.38 bits per heavy atom. The summed E-state index contributed by atoms with van der Waals surface area (Å²) in [7, 11) is 0. The number of hydrogen-bond acceptors (Lipinski definition) is 4. The van der Waals surface area contributed by atoms with Gasteiger partial charge in [0.05, 0.1) is 32.1 Å². The van der Waals surface area contributed by atoms with Gasteiger partial charge in [0.2, 0.25) is 5.91 Å². The summed E-state index contributed by atoms with van der Waals surface area (Å²) in [4.78, 5) is 16.4. The van der Waals surface area contributed by atoms with E-state index in [0.717, 1.165) is 13.1 Å². The average Bonchev–Trinajstić information content (AvgIpc) is 2.59. The van der Waals surface area contributed by atoms with Crippen molar-refractivity contribution >= 4 is 17.5 Å². The molecule has 0 saturated carbocycles. The van der Waals surface area contributed by atoms with Crippen LogP contribution in [0.15, 0.2) is 18.2 Å². The Kier molecular flexibility index (Phi) is 7.44. The van der Waals surface area contributed by atoms with Gasteiger partial charge in [0.25, 0.3) is 0 Å². The number of halogens is 2. The number of carbonyl (C=O) groups is 1. The van der Waals surface area contributed by atoms with Crippen LogP contribution in [0.3, 0.4) is 0 Å². The molecule has 1 fully saturated rings. The van der Waals surface area contributed by atoms with Crippen LogP contribution in [0.5, 0.6) is 0 Å². The van der Waals surface area contributed by atoms with E-state index in [1.165, 1.54) is 12.1 Å². The molecule has 1 aliphatic heterocycles. The highest BCUT2D eigenvalue weighted by molar-refractivity contribution is 6.31. The maximum atomic E-state index is 13.9. The molecule has 2 rings (SSSR count). The van der Waals surface area contributed by atoms with E-state index in [2.05, 4.69) is 4.90 Å². The fourth-order valence-electron chi connectivity index (χ4n) is 2.60. The smallest absolute Gasteiger partial charge is 0.227 e. The number of ether oxygens (including phenoxy) is 1. The van der Waals surface area contributed by atoms with Crippen LogP contribution in [0, 0.1) is 17.1 Å². The maximum Gasteiger partial charge on any atom is 0.227 e. The van der Waals surface area contributed by atoms with Gasteiger partial charge in [-0.25, -0.2) is 4.39 Å². The van der Waals surface area contributed by atoms with Crippen LogP contribution >= 0.6 is 11.6 Å². The van der Waals surface area contributed by atoms with Crippen molar-refractivity contribution in [1.29, 1.82) is 5.26 Å². The fourth-order valence-corrected chi connectivity index (χ4v) is 2.83. The highest BCUT2D eigenvalue weighted by Crippen LogP contribution is 2.20. The van der Waals surface area contributed by atoms with Crippen LogP contribution in [-0.2, 0) is 16.0 Å².